The van der Waals surface area contributed by atoms with Crippen molar-refractivity contribution in [2.24, 2.45) is 0 Å². The number of pyridine rings is 1. The highest BCUT2D eigenvalue weighted by atomic mass is 16.5. The summed E-state index contributed by atoms with van der Waals surface area (Å²) in [6.45, 7) is 5.00. The van der Waals surface area contributed by atoms with Gasteiger partial charge >= 0.3 is 0 Å². The van der Waals surface area contributed by atoms with Crippen LogP contribution in [0.3, 0.4) is 0 Å². The van der Waals surface area contributed by atoms with Crippen LogP contribution in [-0.4, -0.2) is 34.1 Å². The number of aromatic nitrogens is 3. The van der Waals surface area contributed by atoms with E-state index >= 15 is 0 Å². The molecule has 4 aromatic rings. The number of hydrogen-bond acceptors (Lipinski definition) is 4. The third-order valence-corrected chi connectivity index (χ3v) is 4.93. The Bertz CT molecular complexity index is 1180. The van der Waals surface area contributed by atoms with Crippen molar-refractivity contribution in [3.8, 4) is 5.75 Å². The second-order valence-electron chi connectivity index (χ2n) is 6.74. The Morgan fingerprint density at radius 3 is 2.71 bits per heavy atom. The molecule has 2 aromatic carbocycles. The van der Waals surface area contributed by atoms with Crippen LogP contribution in [0.1, 0.15) is 21.9 Å². The summed E-state index contributed by atoms with van der Waals surface area (Å²) in [7, 11) is 1.63. The number of methoxy groups -OCH3 is 1. The highest BCUT2D eigenvalue weighted by molar-refractivity contribution is 5.98. The number of nitrogens with one attached hydrogen (secondary N) is 1. The first kappa shape index (κ1) is 18.0. The van der Waals surface area contributed by atoms with Crippen molar-refractivity contribution in [2.75, 3.05) is 13.7 Å². The van der Waals surface area contributed by atoms with Gasteiger partial charge < -0.3 is 14.6 Å². The quantitative estimate of drug-likeness (QED) is 0.579. The minimum absolute atomic E-state index is 0.121. The first-order valence-corrected chi connectivity index (χ1v) is 9.22. The van der Waals surface area contributed by atoms with E-state index in [1.54, 1.807) is 7.11 Å². The van der Waals surface area contributed by atoms with Crippen LogP contribution in [0.25, 0.3) is 21.9 Å². The third kappa shape index (κ3) is 3.29. The van der Waals surface area contributed by atoms with Crippen LogP contribution in [-0.2, 0) is 6.54 Å². The number of aryl methyl sites for hydroxylation is 2. The van der Waals surface area contributed by atoms with Crippen molar-refractivity contribution < 1.29 is 9.53 Å². The molecule has 0 aliphatic rings. The van der Waals surface area contributed by atoms with Gasteiger partial charge in [0.25, 0.3) is 5.91 Å². The van der Waals surface area contributed by atoms with Crippen LogP contribution in [0.2, 0.25) is 0 Å². The third-order valence-electron chi connectivity index (χ3n) is 4.93. The van der Waals surface area contributed by atoms with E-state index in [-0.39, 0.29) is 5.91 Å². The van der Waals surface area contributed by atoms with E-state index in [1.807, 2.05) is 62.4 Å². The number of fused-ring (bicyclic) bond motifs is 2. The van der Waals surface area contributed by atoms with Crippen LogP contribution < -0.4 is 10.1 Å². The highest BCUT2D eigenvalue weighted by Gasteiger charge is 2.13. The molecule has 0 unspecified atom stereocenters. The predicted octanol–water partition coefficient (Wildman–Crippen LogP) is 3.64. The summed E-state index contributed by atoms with van der Waals surface area (Å²) in [5.41, 5.74) is 4.14. The topological polar surface area (TPSA) is 69.0 Å². The Labute approximate surface area is 163 Å². The van der Waals surface area contributed by atoms with Gasteiger partial charge in [0, 0.05) is 24.5 Å². The van der Waals surface area contributed by atoms with E-state index in [9.17, 15) is 4.79 Å². The molecular formula is C22H22N4O2. The van der Waals surface area contributed by atoms with Crippen LogP contribution >= 0.6 is 0 Å². The van der Waals surface area contributed by atoms with Gasteiger partial charge in [0.05, 0.1) is 34.9 Å². The van der Waals surface area contributed by atoms with E-state index in [0.29, 0.717) is 24.3 Å². The fourth-order valence-corrected chi connectivity index (χ4v) is 3.45. The Hall–Kier alpha value is -3.41. The monoisotopic (exact) mass is 374 g/mol. The SMILES string of the molecule is COc1ccc2cc(C(=O)NCCn3c(C)nc4ccccc43)c(C)nc2c1. The van der Waals surface area contributed by atoms with Crippen molar-refractivity contribution in [2.45, 2.75) is 20.4 Å². The Morgan fingerprint density at radius 1 is 1.07 bits per heavy atom. The van der Waals surface area contributed by atoms with E-state index < -0.39 is 0 Å². The van der Waals surface area contributed by atoms with Gasteiger partial charge in [-0.2, -0.15) is 0 Å². The number of amides is 1. The minimum atomic E-state index is -0.121. The average Bonchev–Trinajstić information content (AvgIpc) is 3.02. The van der Waals surface area contributed by atoms with E-state index in [2.05, 4.69) is 19.9 Å². The summed E-state index contributed by atoms with van der Waals surface area (Å²) in [5.74, 6) is 1.57. The molecule has 0 saturated heterocycles. The Kier molecular flexibility index (Phi) is 4.69. The zero-order valence-corrected chi connectivity index (χ0v) is 16.2. The fourth-order valence-electron chi connectivity index (χ4n) is 3.45. The molecule has 1 N–H and O–H groups in total. The smallest absolute Gasteiger partial charge is 0.253 e. The highest BCUT2D eigenvalue weighted by Crippen LogP contribution is 2.21. The number of benzene rings is 2. The minimum Gasteiger partial charge on any atom is -0.497 e. The van der Waals surface area contributed by atoms with Gasteiger partial charge in [-0.25, -0.2) is 4.98 Å². The lowest BCUT2D eigenvalue weighted by Gasteiger charge is -2.11. The van der Waals surface area contributed by atoms with Gasteiger partial charge in [0.2, 0.25) is 0 Å². The molecule has 0 bridgehead atoms. The normalized spacial score (nSPS) is 11.1. The standard InChI is InChI=1S/C22H22N4O2/c1-14-18(12-16-8-9-17(28-3)13-20(16)24-14)22(27)23-10-11-26-15(2)25-19-6-4-5-7-21(19)26/h4-9,12-13H,10-11H2,1-3H3,(H,23,27). The van der Waals surface area contributed by atoms with Crippen LogP contribution in [0.4, 0.5) is 0 Å². The second-order valence-corrected chi connectivity index (χ2v) is 6.74. The molecule has 0 saturated carbocycles. The van der Waals surface area contributed by atoms with Gasteiger partial charge in [0.15, 0.2) is 0 Å². The van der Waals surface area contributed by atoms with Crippen LogP contribution in [0, 0.1) is 13.8 Å². The van der Waals surface area contributed by atoms with Crippen LogP contribution in [0.15, 0.2) is 48.5 Å². The maximum absolute atomic E-state index is 12.7. The molecule has 0 spiro atoms. The number of hydrogen-bond donors (Lipinski definition) is 1. The van der Waals surface area contributed by atoms with Gasteiger partial charge in [-0.05, 0) is 44.2 Å². The molecule has 0 atom stereocenters. The molecule has 28 heavy (non-hydrogen) atoms. The number of ether oxygens (including phenoxy) is 1. The van der Waals surface area contributed by atoms with E-state index in [0.717, 1.165) is 33.5 Å². The molecule has 2 heterocycles. The Balaban J connectivity index is 1.50. The fraction of sp³-hybridized carbons (Fsp3) is 0.227. The van der Waals surface area contributed by atoms with Gasteiger partial charge in [-0.15, -0.1) is 0 Å². The zero-order chi connectivity index (χ0) is 19.7. The number of carbonyl (C=O) groups excluding carboxylic acids is 1. The largest absolute Gasteiger partial charge is 0.497 e. The maximum atomic E-state index is 12.7. The molecule has 0 radical (unpaired) electrons. The summed E-state index contributed by atoms with van der Waals surface area (Å²) in [4.78, 5) is 21.8. The summed E-state index contributed by atoms with van der Waals surface area (Å²) >= 11 is 0. The first-order chi connectivity index (χ1) is 13.6. The van der Waals surface area contributed by atoms with Crippen molar-refractivity contribution in [1.29, 1.82) is 0 Å². The van der Waals surface area contributed by atoms with Gasteiger partial charge in [0.1, 0.15) is 11.6 Å². The maximum Gasteiger partial charge on any atom is 0.253 e. The summed E-state index contributed by atoms with van der Waals surface area (Å²) in [5, 5.41) is 3.92. The molecular weight excluding hydrogens is 352 g/mol. The Morgan fingerprint density at radius 2 is 1.89 bits per heavy atom. The number of imidazole rings is 1. The molecule has 6 nitrogen and oxygen atoms in total. The lowest BCUT2D eigenvalue weighted by molar-refractivity contribution is 0.0951. The van der Waals surface area contributed by atoms with Gasteiger partial charge in [-0.1, -0.05) is 12.1 Å². The van der Waals surface area contributed by atoms with E-state index in [1.165, 1.54) is 0 Å². The van der Waals surface area contributed by atoms with Crippen molar-refractivity contribution in [3.63, 3.8) is 0 Å². The number of nitrogens with zero attached hydrogens (tertiary/aromatic N) is 3. The number of carbonyl (C=O) groups is 1. The van der Waals surface area contributed by atoms with Crippen molar-refractivity contribution in [1.82, 2.24) is 19.9 Å². The molecule has 0 fully saturated rings. The molecule has 0 aliphatic heterocycles. The molecule has 142 valence electrons. The average molecular weight is 374 g/mol. The predicted molar refractivity (Wildman–Crippen MR) is 110 cm³/mol. The number of rotatable bonds is 5. The van der Waals surface area contributed by atoms with E-state index in [4.69, 9.17) is 4.74 Å². The number of para-hydroxylation sites is 2. The zero-order valence-electron chi connectivity index (χ0n) is 16.2. The molecule has 1 amide bonds. The second kappa shape index (κ2) is 7.31. The van der Waals surface area contributed by atoms with Crippen LogP contribution in [0.5, 0.6) is 5.75 Å². The lowest BCUT2D eigenvalue weighted by Crippen LogP contribution is -2.28. The summed E-state index contributed by atoms with van der Waals surface area (Å²) < 4.78 is 7.36. The van der Waals surface area contributed by atoms with Gasteiger partial charge in [-0.3, -0.25) is 9.78 Å². The molecule has 2 aromatic heterocycles. The van der Waals surface area contributed by atoms with Crippen molar-refractivity contribution in [3.05, 3.63) is 65.6 Å². The lowest BCUT2D eigenvalue weighted by atomic mass is 10.1. The molecule has 6 heteroatoms. The molecule has 4 rings (SSSR count). The first-order valence-electron chi connectivity index (χ1n) is 9.22. The van der Waals surface area contributed by atoms with Crippen molar-refractivity contribution >= 4 is 27.8 Å². The summed E-state index contributed by atoms with van der Waals surface area (Å²) in [6, 6.07) is 15.6. The molecule has 0 aliphatic carbocycles. The summed E-state index contributed by atoms with van der Waals surface area (Å²) in [6.07, 6.45) is 0.